The summed E-state index contributed by atoms with van der Waals surface area (Å²) in [5, 5.41) is 0. The first-order valence-corrected chi connectivity index (χ1v) is 5.28. The van der Waals surface area contributed by atoms with Crippen LogP contribution in [0.3, 0.4) is 0 Å². The zero-order chi connectivity index (χ0) is 10.7. The lowest BCUT2D eigenvalue weighted by molar-refractivity contribution is 0.1000. The molecule has 0 aliphatic carbocycles. The summed E-state index contributed by atoms with van der Waals surface area (Å²) in [6.45, 7) is 2.12. The maximum Gasteiger partial charge on any atom is 0.250 e. The van der Waals surface area contributed by atoms with Crippen LogP contribution in [0.5, 0.6) is 0 Å². The van der Waals surface area contributed by atoms with E-state index in [9.17, 15) is 4.79 Å². The van der Waals surface area contributed by atoms with Crippen LogP contribution in [-0.2, 0) is 0 Å². The molecule has 1 amide bonds. The number of rotatable bonds is 2. The van der Waals surface area contributed by atoms with Crippen molar-refractivity contribution < 1.29 is 4.79 Å². The first-order valence-electron chi connectivity index (χ1n) is 5.28. The third-order valence-corrected chi connectivity index (χ3v) is 2.71. The molecule has 0 spiro atoms. The fourth-order valence-electron chi connectivity index (χ4n) is 1.84. The Balaban J connectivity index is 0.00000128. The van der Waals surface area contributed by atoms with E-state index in [1.54, 1.807) is 12.3 Å². The van der Waals surface area contributed by atoms with Crippen molar-refractivity contribution in [1.82, 2.24) is 4.98 Å². The summed E-state index contributed by atoms with van der Waals surface area (Å²) in [6, 6.07) is 3.60. The lowest BCUT2D eigenvalue weighted by Crippen LogP contribution is -2.30. The molecule has 2 heterocycles. The van der Waals surface area contributed by atoms with Crippen molar-refractivity contribution in [3.63, 3.8) is 0 Å². The fourth-order valence-corrected chi connectivity index (χ4v) is 1.84. The van der Waals surface area contributed by atoms with Gasteiger partial charge in [-0.25, -0.2) is 4.98 Å². The molecular formula is C11H16ClN3O. The van der Waals surface area contributed by atoms with Crippen molar-refractivity contribution in [3.05, 3.63) is 23.9 Å². The van der Waals surface area contributed by atoms with Gasteiger partial charge in [0, 0.05) is 19.3 Å². The third kappa shape index (κ3) is 2.85. The van der Waals surface area contributed by atoms with Gasteiger partial charge in [0.15, 0.2) is 0 Å². The lowest BCUT2D eigenvalue weighted by Gasteiger charge is -2.27. The first kappa shape index (κ1) is 12.8. The van der Waals surface area contributed by atoms with Crippen molar-refractivity contribution >= 4 is 24.1 Å². The second kappa shape index (κ2) is 5.70. The predicted octanol–water partition coefficient (Wildman–Crippen LogP) is 1.59. The number of nitrogens with zero attached hydrogens (tertiary/aromatic N) is 2. The summed E-state index contributed by atoms with van der Waals surface area (Å²) in [4.78, 5) is 17.4. The van der Waals surface area contributed by atoms with Crippen LogP contribution < -0.4 is 10.6 Å². The highest BCUT2D eigenvalue weighted by atomic mass is 35.5. The summed E-state index contributed by atoms with van der Waals surface area (Å²) in [7, 11) is 0. The smallest absolute Gasteiger partial charge is 0.250 e. The molecule has 5 heteroatoms. The Bertz CT molecular complexity index is 347. The van der Waals surface area contributed by atoms with Crippen LogP contribution in [0.25, 0.3) is 0 Å². The monoisotopic (exact) mass is 241 g/mol. The Labute approximate surface area is 101 Å². The molecule has 0 aromatic carbocycles. The number of aromatic nitrogens is 1. The highest BCUT2D eigenvalue weighted by Crippen LogP contribution is 2.17. The fraction of sp³-hybridized carbons (Fsp3) is 0.455. The van der Waals surface area contributed by atoms with E-state index >= 15 is 0 Å². The Morgan fingerprint density at radius 3 is 2.44 bits per heavy atom. The number of carbonyl (C=O) groups excluding carboxylic acids is 1. The quantitative estimate of drug-likeness (QED) is 0.856. The lowest BCUT2D eigenvalue weighted by atomic mass is 10.1. The van der Waals surface area contributed by atoms with Crippen molar-refractivity contribution in [2.75, 3.05) is 18.0 Å². The van der Waals surface area contributed by atoms with Crippen LogP contribution in [0, 0.1) is 0 Å². The van der Waals surface area contributed by atoms with E-state index in [1.807, 2.05) is 6.07 Å². The van der Waals surface area contributed by atoms with Gasteiger partial charge in [-0.3, -0.25) is 4.79 Å². The van der Waals surface area contributed by atoms with Gasteiger partial charge in [-0.05, 0) is 31.4 Å². The maximum atomic E-state index is 10.9. The van der Waals surface area contributed by atoms with Gasteiger partial charge in [0.1, 0.15) is 5.82 Å². The number of nitrogens with two attached hydrogens (primary N) is 1. The van der Waals surface area contributed by atoms with Gasteiger partial charge in [-0.15, -0.1) is 12.4 Å². The van der Waals surface area contributed by atoms with Gasteiger partial charge in [0.25, 0.3) is 0 Å². The molecule has 88 valence electrons. The zero-order valence-electron chi connectivity index (χ0n) is 9.06. The number of anilines is 1. The van der Waals surface area contributed by atoms with E-state index in [2.05, 4.69) is 9.88 Å². The average molecular weight is 242 g/mol. The molecule has 1 aromatic heterocycles. The molecule has 16 heavy (non-hydrogen) atoms. The molecule has 1 aromatic rings. The topological polar surface area (TPSA) is 59.2 Å². The summed E-state index contributed by atoms with van der Waals surface area (Å²) >= 11 is 0. The van der Waals surface area contributed by atoms with E-state index < -0.39 is 5.91 Å². The van der Waals surface area contributed by atoms with E-state index in [4.69, 9.17) is 5.73 Å². The normalized spacial score (nSPS) is 15.4. The highest BCUT2D eigenvalue weighted by molar-refractivity contribution is 5.92. The molecule has 1 aliphatic rings. The molecule has 0 bridgehead atoms. The summed E-state index contributed by atoms with van der Waals surface area (Å²) in [6.07, 6.45) is 5.29. The van der Waals surface area contributed by atoms with Crippen LogP contribution in [-0.4, -0.2) is 24.0 Å². The van der Waals surface area contributed by atoms with E-state index in [0.29, 0.717) is 5.56 Å². The minimum atomic E-state index is -0.423. The Hall–Kier alpha value is -1.29. The van der Waals surface area contributed by atoms with Crippen LogP contribution in [0.4, 0.5) is 5.82 Å². The van der Waals surface area contributed by atoms with E-state index in [0.717, 1.165) is 18.9 Å². The first-order chi connectivity index (χ1) is 7.27. The largest absolute Gasteiger partial charge is 0.366 e. The molecule has 4 nitrogen and oxygen atoms in total. The zero-order valence-corrected chi connectivity index (χ0v) is 9.87. The molecule has 0 atom stereocenters. The van der Waals surface area contributed by atoms with Gasteiger partial charge in [0.2, 0.25) is 5.91 Å². The summed E-state index contributed by atoms with van der Waals surface area (Å²) in [5.41, 5.74) is 5.62. The number of carbonyl (C=O) groups is 1. The van der Waals surface area contributed by atoms with Crippen LogP contribution in [0.1, 0.15) is 29.6 Å². The molecule has 0 radical (unpaired) electrons. The van der Waals surface area contributed by atoms with Crippen LogP contribution in [0.15, 0.2) is 18.3 Å². The molecule has 2 N–H and O–H groups in total. The minimum absolute atomic E-state index is 0. The highest BCUT2D eigenvalue weighted by Gasteiger charge is 2.12. The number of hydrogen-bond acceptors (Lipinski definition) is 3. The number of pyridine rings is 1. The van der Waals surface area contributed by atoms with E-state index in [-0.39, 0.29) is 12.4 Å². The SMILES string of the molecule is Cl.NC(=O)c1ccc(N2CCCCC2)nc1. The third-order valence-electron chi connectivity index (χ3n) is 2.71. The molecule has 2 rings (SSSR count). The Kier molecular flexibility index (Phi) is 4.55. The van der Waals surface area contributed by atoms with Crippen molar-refractivity contribution in [3.8, 4) is 0 Å². The van der Waals surface area contributed by atoms with E-state index in [1.165, 1.54) is 19.3 Å². The molecular weight excluding hydrogens is 226 g/mol. The van der Waals surface area contributed by atoms with Crippen molar-refractivity contribution in [2.24, 2.45) is 5.73 Å². The summed E-state index contributed by atoms with van der Waals surface area (Å²) < 4.78 is 0. The van der Waals surface area contributed by atoms with Crippen molar-refractivity contribution in [2.45, 2.75) is 19.3 Å². The van der Waals surface area contributed by atoms with Crippen molar-refractivity contribution in [1.29, 1.82) is 0 Å². The van der Waals surface area contributed by atoms with Gasteiger partial charge in [0.05, 0.1) is 5.56 Å². The maximum absolute atomic E-state index is 10.9. The molecule has 0 unspecified atom stereocenters. The van der Waals surface area contributed by atoms with Gasteiger partial charge >= 0.3 is 0 Å². The second-order valence-corrected chi connectivity index (χ2v) is 3.82. The predicted molar refractivity (Wildman–Crippen MR) is 66.1 cm³/mol. The average Bonchev–Trinajstić information content (AvgIpc) is 2.30. The van der Waals surface area contributed by atoms with Gasteiger partial charge in [-0.2, -0.15) is 0 Å². The molecule has 1 aliphatic heterocycles. The number of amides is 1. The minimum Gasteiger partial charge on any atom is -0.366 e. The van der Waals surface area contributed by atoms with Crippen LogP contribution >= 0.6 is 12.4 Å². The summed E-state index contributed by atoms with van der Waals surface area (Å²) in [5.74, 6) is 0.521. The van der Waals surface area contributed by atoms with Gasteiger partial charge in [-0.1, -0.05) is 0 Å². The number of hydrogen-bond donors (Lipinski definition) is 1. The number of piperidine rings is 1. The molecule has 0 saturated carbocycles. The number of primary amides is 1. The van der Waals surface area contributed by atoms with Gasteiger partial charge < -0.3 is 10.6 Å². The Morgan fingerprint density at radius 1 is 1.25 bits per heavy atom. The standard InChI is InChI=1S/C11H15N3O.ClH/c12-11(15)9-4-5-10(13-8-9)14-6-2-1-3-7-14;/h4-5,8H,1-3,6-7H2,(H2,12,15);1H. The Morgan fingerprint density at radius 2 is 1.94 bits per heavy atom. The molecule has 1 fully saturated rings. The number of halogens is 1. The second-order valence-electron chi connectivity index (χ2n) is 3.82. The molecule has 1 saturated heterocycles. The van der Waals surface area contributed by atoms with Crippen LogP contribution in [0.2, 0.25) is 0 Å².